The predicted molar refractivity (Wildman–Crippen MR) is 123 cm³/mol. The van der Waals surface area contributed by atoms with Crippen LogP contribution in [0.3, 0.4) is 0 Å². The quantitative estimate of drug-likeness (QED) is 0.426. The van der Waals surface area contributed by atoms with E-state index in [0.29, 0.717) is 40.7 Å². The summed E-state index contributed by atoms with van der Waals surface area (Å²) >= 11 is 14.3. The van der Waals surface area contributed by atoms with Crippen LogP contribution in [0.5, 0.6) is 11.5 Å². The molecule has 0 bridgehead atoms. The molecule has 0 saturated carbocycles. The van der Waals surface area contributed by atoms with Crippen LogP contribution >= 0.6 is 45.8 Å². The molecule has 156 valence electrons. The topological polar surface area (TPSA) is 78.3 Å². The van der Waals surface area contributed by atoms with Crippen molar-refractivity contribution in [2.45, 2.75) is 26.0 Å². The maximum Gasteiger partial charge on any atom is 0.229 e. The lowest BCUT2D eigenvalue weighted by Gasteiger charge is -2.25. The lowest BCUT2D eigenvalue weighted by atomic mass is 10.0. The first-order chi connectivity index (χ1) is 14.5. The van der Waals surface area contributed by atoms with Crippen molar-refractivity contribution in [3.8, 4) is 11.5 Å². The van der Waals surface area contributed by atoms with E-state index in [9.17, 15) is 4.79 Å². The molecule has 1 amide bonds. The Morgan fingerprint density at radius 2 is 2.07 bits per heavy atom. The number of fused-ring (bicyclic) bond motifs is 1. The van der Waals surface area contributed by atoms with E-state index in [-0.39, 0.29) is 18.4 Å². The number of rotatable bonds is 6. The first-order valence-corrected chi connectivity index (χ1v) is 11.0. The van der Waals surface area contributed by atoms with E-state index in [1.54, 1.807) is 16.8 Å². The molecule has 0 radical (unpaired) electrons. The molecule has 10 heteroatoms. The second-order valence-electron chi connectivity index (χ2n) is 6.60. The van der Waals surface area contributed by atoms with Crippen LogP contribution in [0.25, 0.3) is 0 Å². The monoisotopic (exact) mass is 558 g/mol. The Morgan fingerprint density at radius 3 is 2.83 bits per heavy atom. The van der Waals surface area contributed by atoms with Crippen molar-refractivity contribution in [1.29, 1.82) is 0 Å². The third-order valence-electron chi connectivity index (χ3n) is 4.58. The third kappa shape index (κ3) is 4.35. The van der Waals surface area contributed by atoms with E-state index < -0.39 is 0 Å². The second kappa shape index (κ2) is 8.99. The molecular formula is C20H17Cl2IN4O3. The van der Waals surface area contributed by atoms with Crippen LogP contribution < -0.4 is 14.8 Å². The molecule has 1 N–H and O–H groups in total. The Morgan fingerprint density at radius 1 is 1.23 bits per heavy atom. The zero-order chi connectivity index (χ0) is 21.3. The van der Waals surface area contributed by atoms with Gasteiger partial charge in [-0.3, -0.25) is 10.1 Å². The minimum Gasteiger partial charge on any atom is -0.490 e. The summed E-state index contributed by atoms with van der Waals surface area (Å²) in [4.78, 5) is 16.2. The molecule has 2 aromatic carbocycles. The number of ether oxygens (including phenoxy) is 2. The van der Waals surface area contributed by atoms with E-state index in [2.05, 4.69) is 38.0 Å². The van der Waals surface area contributed by atoms with Gasteiger partial charge in [-0.25, -0.2) is 4.68 Å². The Labute approximate surface area is 196 Å². The van der Waals surface area contributed by atoms with Crippen LogP contribution in [0.4, 0.5) is 5.95 Å². The molecule has 1 aromatic heterocycles. The number of hydrogen-bond acceptors (Lipinski definition) is 5. The number of nitrogens with zero attached hydrogens (tertiary/aromatic N) is 3. The number of hydrogen-bond donors (Lipinski definition) is 1. The van der Waals surface area contributed by atoms with Crippen LogP contribution in [-0.4, -0.2) is 27.3 Å². The summed E-state index contributed by atoms with van der Waals surface area (Å²) in [5.41, 5.74) is 1.79. The number of anilines is 1. The molecule has 1 aliphatic heterocycles. The molecule has 0 unspecified atom stereocenters. The van der Waals surface area contributed by atoms with E-state index in [1.165, 1.54) is 6.33 Å². The van der Waals surface area contributed by atoms with Gasteiger partial charge >= 0.3 is 0 Å². The van der Waals surface area contributed by atoms with E-state index in [1.807, 2.05) is 25.1 Å². The van der Waals surface area contributed by atoms with Gasteiger partial charge in [0, 0.05) is 0 Å². The maximum atomic E-state index is 12.1. The molecule has 7 nitrogen and oxygen atoms in total. The number of carbonyl (C=O) groups excluding carboxylic acids is 1. The van der Waals surface area contributed by atoms with Gasteiger partial charge in [0.1, 0.15) is 12.9 Å². The average molecular weight is 559 g/mol. The second-order valence-corrected chi connectivity index (χ2v) is 8.57. The van der Waals surface area contributed by atoms with Crippen LogP contribution in [-0.2, 0) is 11.4 Å². The summed E-state index contributed by atoms with van der Waals surface area (Å²) in [6.07, 6.45) is 1.69. The average Bonchev–Trinajstić information content (AvgIpc) is 3.17. The molecule has 1 atom stereocenters. The van der Waals surface area contributed by atoms with Gasteiger partial charge in [-0.15, -0.1) is 0 Å². The smallest absolute Gasteiger partial charge is 0.229 e. The minimum absolute atomic E-state index is 0.103. The fourth-order valence-electron chi connectivity index (χ4n) is 3.23. The summed E-state index contributed by atoms with van der Waals surface area (Å²) in [5.74, 6) is 1.57. The largest absolute Gasteiger partial charge is 0.490 e. The highest BCUT2D eigenvalue weighted by Crippen LogP contribution is 2.39. The van der Waals surface area contributed by atoms with Crippen LogP contribution in [0, 0.1) is 3.57 Å². The number of benzene rings is 2. The van der Waals surface area contributed by atoms with Gasteiger partial charge in [-0.2, -0.15) is 10.1 Å². The first kappa shape index (κ1) is 21.2. The lowest BCUT2D eigenvalue weighted by Crippen LogP contribution is -2.29. The summed E-state index contributed by atoms with van der Waals surface area (Å²) < 4.78 is 14.5. The van der Waals surface area contributed by atoms with E-state index in [4.69, 9.17) is 32.7 Å². The van der Waals surface area contributed by atoms with Crippen LogP contribution in [0.1, 0.15) is 30.5 Å². The molecule has 0 aliphatic carbocycles. The van der Waals surface area contributed by atoms with Crippen molar-refractivity contribution in [3.05, 3.63) is 61.4 Å². The highest BCUT2D eigenvalue weighted by atomic mass is 127. The highest BCUT2D eigenvalue weighted by Gasteiger charge is 2.29. The number of amides is 1. The van der Waals surface area contributed by atoms with Crippen molar-refractivity contribution in [2.75, 3.05) is 11.9 Å². The standard InChI is InChI=1S/C20H17Cl2IN4O3/c1-2-29-17-7-12(16-8-18(28)26-20-24-10-25-27(16)20)6-15(23)19(17)30-9-11-3-4-13(21)14(22)5-11/h3-7,10,16H,2,8-9H2,1H3,(H,24,25,26,28)/t16-/m0/s1. The van der Waals surface area contributed by atoms with Crippen LogP contribution in [0.15, 0.2) is 36.7 Å². The summed E-state index contributed by atoms with van der Waals surface area (Å²) in [5, 5.41) is 7.96. The molecule has 0 spiro atoms. The molecule has 4 rings (SSSR count). The zero-order valence-corrected chi connectivity index (χ0v) is 19.5. The van der Waals surface area contributed by atoms with Crippen molar-refractivity contribution >= 4 is 57.6 Å². The van der Waals surface area contributed by atoms with Gasteiger partial charge < -0.3 is 9.47 Å². The Bertz CT molecular complexity index is 1110. The van der Waals surface area contributed by atoms with Crippen molar-refractivity contribution in [3.63, 3.8) is 0 Å². The third-order valence-corrected chi connectivity index (χ3v) is 6.12. The normalized spacial score (nSPS) is 15.5. The van der Waals surface area contributed by atoms with Crippen molar-refractivity contribution in [1.82, 2.24) is 14.8 Å². The fraction of sp³-hybridized carbons (Fsp3) is 0.250. The molecule has 0 saturated heterocycles. The van der Waals surface area contributed by atoms with Gasteiger partial charge in [0.25, 0.3) is 0 Å². The SMILES string of the molecule is CCOc1cc([C@@H]2CC(=O)Nc3ncnn32)cc(I)c1OCc1ccc(Cl)c(Cl)c1. The molecule has 0 fully saturated rings. The number of aromatic nitrogens is 3. The number of nitrogens with one attached hydrogen (secondary N) is 1. The first-order valence-electron chi connectivity index (χ1n) is 9.18. The summed E-state index contributed by atoms with van der Waals surface area (Å²) in [6.45, 7) is 2.69. The Kier molecular flexibility index (Phi) is 6.35. The molecule has 2 heterocycles. The van der Waals surface area contributed by atoms with Gasteiger partial charge in [0.05, 0.1) is 32.7 Å². The molecule has 30 heavy (non-hydrogen) atoms. The maximum absolute atomic E-state index is 12.1. The van der Waals surface area contributed by atoms with Gasteiger partial charge in [0.2, 0.25) is 11.9 Å². The number of halogens is 3. The van der Waals surface area contributed by atoms with Crippen LogP contribution in [0.2, 0.25) is 10.0 Å². The summed E-state index contributed by atoms with van der Waals surface area (Å²) in [7, 11) is 0. The molecular weight excluding hydrogens is 542 g/mol. The van der Waals surface area contributed by atoms with E-state index in [0.717, 1.165) is 14.7 Å². The zero-order valence-electron chi connectivity index (χ0n) is 15.9. The van der Waals surface area contributed by atoms with Crippen molar-refractivity contribution < 1.29 is 14.3 Å². The predicted octanol–water partition coefficient (Wildman–Crippen LogP) is 5.10. The highest BCUT2D eigenvalue weighted by molar-refractivity contribution is 14.1. The lowest BCUT2D eigenvalue weighted by molar-refractivity contribution is -0.117. The Hall–Kier alpha value is -2.04. The van der Waals surface area contributed by atoms with Gasteiger partial charge in [0.15, 0.2) is 11.5 Å². The van der Waals surface area contributed by atoms with Crippen molar-refractivity contribution in [2.24, 2.45) is 0 Å². The van der Waals surface area contributed by atoms with Gasteiger partial charge in [-0.05, 0) is 64.9 Å². The fourth-order valence-corrected chi connectivity index (χ4v) is 4.33. The van der Waals surface area contributed by atoms with Gasteiger partial charge in [-0.1, -0.05) is 29.3 Å². The minimum atomic E-state index is -0.270. The molecule has 3 aromatic rings. The number of carbonyl (C=O) groups is 1. The Balaban J connectivity index is 1.65. The summed E-state index contributed by atoms with van der Waals surface area (Å²) in [6, 6.07) is 8.98. The van der Waals surface area contributed by atoms with E-state index >= 15 is 0 Å². The molecule has 1 aliphatic rings.